The molecular formula is C12H16ClNO3. The van der Waals surface area contributed by atoms with E-state index in [0.29, 0.717) is 5.56 Å². The Hall–Kier alpha value is -1.39. The molecule has 0 radical (unpaired) electrons. The van der Waals surface area contributed by atoms with Crippen molar-refractivity contribution in [2.45, 2.75) is 13.0 Å². The standard InChI is InChI=1S/C12H15NO3.ClH/c1-9(14)16-8-11(13-2)12(15)10-6-4-3-5-7-10;/h3-7,11,13H,8H2,1-2H3;1H. The minimum absolute atomic E-state index is 0. The second kappa shape index (κ2) is 7.81. The zero-order valence-corrected chi connectivity index (χ0v) is 10.6. The molecule has 0 aliphatic carbocycles. The van der Waals surface area contributed by atoms with E-state index in [2.05, 4.69) is 5.32 Å². The molecule has 94 valence electrons. The van der Waals surface area contributed by atoms with Crippen molar-refractivity contribution in [1.82, 2.24) is 5.32 Å². The van der Waals surface area contributed by atoms with Crippen LogP contribution < -0.4 is 5.32 Å². The van der Waals surface area contributed by atoms with Crippen LogP contribution in [0.1, 0.15) is 17.3 Å². The number of Topliss-reactive ketones (excluding diaryl/α,β-unsaturated/α-hetero) is 1. The molecule has 1 atom stereocenters. The van der Waals surface area contributed by atoms with Crippen molar-refractivity contribution >= 4 is 24.2 Å². The van der Waals surface area contributed by atoms with Gasteiger partial charge in [-0.05, 0) is 7.05 Å². The smallest absolute Gasteiger partial charge is 0.302 e. The van der Waals surface area contributed by atoms with Crippen molar-refractivity contribution in [3.8, 4) is 0 Å². The fraction of sp³-hybridized carbons (Fsp3) is 0.333. The van der Waals surface area contributed by atoms with Gasteiger partial charge in [-0.25, -0.2) is 0 Å². The molecule has 0 spiro atoms. The summed E-state index contributed by atoms with van der Waals surface area (Å²) < 4.78 is 4.82. The predicted molar refractivity (Wildman–Crippen MR) is 67.5 cm³/mol. The third-order valence-corrected chi connectivity index (χ3v) is 2.18. The van der Waals surface area contributed by atoms with Gasteiger partial charge in [-0.15, -0.1) is 12.4 Å². The lowest BCUT2D eigenvalue weighted by molar-refractivity contribution is -0.141. The highest BCUT2D eigenvalue weighted by Crippen LogP contribution is 2.03. The predicted octanol–water partition coefficient (Wildman–Crippen LogP) is 1.44. The molecule has 0 aromatic heterocycles. The molecule has 5 heteroatoms. The highest BCUT2D eigenvalue weighted by atomic mass is 35.5. The van der Waals surface area contributed by atoms with Crippen molar-refractivity contribution < 1.29 is 14.3 Å². The van der Waals surface area contributed by atoms with Gasteiger partial charge in [-0.2, -0.15) is 0 Å². The second-order valence-corrected chi connectivity index (χ2v) is 3.37. The highest BCUT2D eigenvalue weighted by Gasteiger charge is 2.18. The van der Waals surface area contributed by atoms with E-state index in [0.717, 1.165) is 0 Å². The Labute approximate surface area is 107 Å². The average molecular weight is 258 g/mol. The van der Waals surface area contributed by atoms with Gasteiger partial charge in [0.25, 0.3) is 0 Å². The van der Waals surface area contributed by atoms with Crippen molar-refractivity contribution in [3.05, 3.63) is 35.9 Å². The minimum atomic E-state index is -0.494. The summed E-state index contributed by atoms with van der Waals surface area (Å²) in [4.78, 5) is 22.6. The number of rotatable bonds is 5. The number of likely N-dealkylation sites (N-methyl/N-ethyl adjacent to an activating group) is 1. The first-order valence-corrected chi connectivity index (χ1v) is 5.05. The van der Waals surface area contributed by atoms with Gasteiger partial charge in [0, 0.05) is 12.5 Å². The summed E-state index contributed by atoms with van der Waals surface area (Å²) in [5.74, 6) is -0.467. The number of nitrogens with one attached hydrogen (secondary N) is 1. The van der Waals surface area contributed by atoms with Crippen LogP contribution in [0.3, 0.4) is 0 Å². The maximum absolute atomic E-state index is 11.9. The summed E-state index contributed by atoms with van der Waals surface area (Å²) in [7, 11) is 1.66. The fourth-order valence-electron chi connectivity index (χ4n) is 1.29. The quantitative estimate of drug-likeness (QED) is 0.641. The van der Waals surface area contributed by atoms with Crippen LogP contribution in [0.15, 0.2) is 30.3 Å². The maximum Gasteiger partial charge on any atom is 0.302 e. The fourth-order valence-corrected chi connectivity index (χ4v) is 1.29. The molecule has 0 heterocycles. The van der Waals surface area contributed by atoms with E-state index in [1.807, 2.05) is 6.07 Å². The summed E-state index contributed by atoms with van der Waals surface area (Å²) in [6, 6.07) is 8.42. The van der Waals surface area contributed by atoms with Gasteiger partial charge in [0.1, 0.15) is 12.6 Å². The largest absolute Gasteiger partial charge is 0.464 e. The first kappa shape index (κ1) is 15.6. The molecule has 1 aromatic rings. The van der Waals surface area contributed by atoms with Crippen molar-refractivity contribution in [2.75, 3.05) is 13.7 Å². The van der Waals surface area contributed by atoms with Crippen LogP contribution in [0.4, 0.5) is 0 Å². The molecular weight excluding hydrogens is 242 g/mol. The zero-order chi connectivity index (χ0) is 12.0. The number of carbonyl (C=O) groups excluding carboxylic acids is 2. The summed E-state index contributed by atoms with van der Waals surface area (Å²) in [5.41, 5.74) is 0.606. The van der Waals surface area contributed by atoms with Crippen LogP contribution >= 0.6 is 12.4 Å². The van der Waals surface area contributed by atoms with E-state index < -0.39 is 6.04 Å². The van der Waals surface area contributed by atoms with Crippen LogP contribution in [0.5, 0.6) is 0 Å². The van der Waals surface area contributed by atoms with Crippen molar-refractivity contribution in [1.29, 1.82) is 0 Å². The van der Waals surface area contributed by atoms with Crippen LogP contribution in [0.25, 0.3) is 0 Å². The molecule has 0 amide bonds. The van der Waals surface area contributed by atoms with Crippen molar-refractivity contribution in [3.63, 3.8) is 0 Å². The first-order valence-electron chi connectivity index (χ1n) is 5.05. The maximum atomic E-state index is 11.9. The highest BCUT2D eigenvalue weighted by molar-refractivity contribution is 6.00. The molecule has 0 bridgehead atoms. The molecule has 0 saturated carbocycles. The van der Waals surface area contributed by atoms with Gasteiger partial charge in [0.05, 0.1) is 0 Å². The van der Waals surface area contributed by atoms with Gasteiger partial charge in [-0.1, -0.05) is 30.3 Å². The summed E-state index contributed by atoms with van der Waals surface area (Å²) in [5, 5.41) is 2.83. The Morgan fingerprint density at radius 3 is 2.35 bits per heavy atom. The van der Waals surface area contributed by atoms with Gasteiger partial charge < -0.3 is 10.1 Å². The van der Waals surface area contributed by atoms with E-state index in [1.165, 1.54) is 6.92 Å². The summed E-state index contributed by atoms with van der Waals surface area (Å²) in [6.45, 7) is 1.37. The number of esters is 1. The average Bonchev–Trinajstić information content (AvgIpc) is 2.30. The van der Waals surface area contributed by atoms with Crippen LogP contribution in [0.2, 0.25) is 0 Å². The molecule has 0 fully saturated rings. The molecule has 17 heavy (non-hydrogen) atoms. The first-order chi connectivity index (χ1) is 7.65. The molecule has 0 aliphatic heterocycles. The van der Waals surface area contributed by atoms with Crippen LogP contribution in [0, 0.1) is 0 Å². The molecule has 1 aromatic carbocycles. The number of halogens is 1. The topological polar surface area (TPSA) is 55.4 Å². The van der Waals surface area contributed by atoms with Gasteiger partial charge in [0.15, 0.2) is 5.78 Å². The number of carbonyl (C=O) groups is 2. The zero-order valence-electron chi connectivity index (χ0n) is 9.80. The lowest BCUT2D eigenvalue weighted by Gasteiger charge is -2.14. The summed E-state index contributed by atoms with van der Waals surface area (Å²) >= 11 is 0. The second-order valence-electron chi connectivity index (χ2n) is 3.37. The minimum Gasteiger partial charge on any atom is -0.464 e. The van der Waals surface area contributed by atoms with E-state index in [4.69, 9.17) is 4.74 Å². The Balaban J connectivity index is 0.00000256. The van der Waals surface area contributed by atoms with Gasteiger partial charge >= 0.3 is 5.97 Å². The SMILES string of the molecule is CNC(COC(C)=O)C(=O)c1ccccc1.Cl. The van der Waals surface area contributed by atoms with E-state index >= 15 is 0 Å². The molecule has 1 unspecified atom stereocenters. The van der Waals surface area contributed by atoms with E-state index in [9.17, 15) is 9.59 Å². The number of hydrogen-bond acceptors (Lipinski definition) is 4. The Morgan fingerprint density at radius 2 is 1.88 bits per heavy atom. The van der Waals surface area contributed by atoms with E-state index in [-0.39, 0.29) is 30.8 Å². The van der Waals surface area contributed by atoms with Crippen molar-refractivity contribution in [2.24, 2.45) is 0 Å². The summed E-state index contributed by atoms with van der Waals surface area (Å²) in [6.07, 6.45) is 0. The number of benzene rings is 1. The van der Waals surface area contributed by atoms with Crippen LogP contribution in [-0.4, -0.2) is 31.4 Å². The van der Waals surface area contributed by atoms with Gasteiger partial charge in [-0.3, -0.25) is 9.59 Å². The van der Waals surface area contributed by atoms with E-state index in [1.54, 1.807) is 31.3 Å². The molecule has 0 saturated heterocycles. The molecule has 0 aliphatic rings. The number of ketones is 1. The normalized spacial score (nSPS) is 11.2. The Bertz CT molecular complexity index is 367. The van der Waals surface area contributed by atoms with Crippen LogP contribution in [-0.2, 0) is 9.53 Å². The Kier molecular flexibility index (Phi) is 7.18. The number of hydrogen-bond donors (Lipinski definition) is 1. The number of ether oxygens (including phenoxy) is 1. The third-order valence-electron chi connectivity index (χ3n) is 2.18. The Morgan fingerprint density at radius 1 is 1.29 bits per heavy atom. The van der Waals surface area contributed by atoms with Gasteiger partial charge in [0.2, 0.25) is 0 Å². The lowest BCUT2D eigenvalue weighted by atomic mass is 10.1. The molecule has 1 rings (SSSR count). The lowest BCUT2D eigenvalue weighted by Crippen LogP contribution is -2.38. The molecule has 1 N–H and O–H groups in total. The molecule has 4 nitrogen and oxygen atoms in total. The monoisotopic (exact) mass is 257 g/mol. The third kappa shape index (κ3) is 4.97.